The zero-order chi connectivity index (χ0) is 10.8. The lowest BCUT2D eigenvalue weighted by Crippen LogP contribution is -2.56. The highest BCUT2D eigenvalue weighted by Crippen LogP contribution is 2.29. The first-order chi connectivity index (χ1) is 6.48. The fraction of sp³-hybridized carbons (Fsp3) is 0.800. The van der Waals surface area contributed by atoms with E-state index in [1.54, 1.807) is 13.8 Å². The molecule has 0 saturated heterocycles. The fourth-order valence-corrected chi connectivity index (χ4v) is 1.79. The summed E-state index contributed by atoms with van der Waals surface area (Å²) in [4.78, 5) is 22.8. The molecule has 1 aliphatic rings. The molecule has 1 fully saturated rings. The van der Waals surface area contributed by atoms with E-state index in [2.05, 4.69) is 5.32 Å². The Hall–Kier alpha value is -1.06. The average Bonchev–Trinajstić information content (AvgIpc) is 2.53. The SMILES string of the molecule is CC(C)C(=O)NC1(C(N)=O)CCCC1. The van der Waals surface area contributed by atoms with Gasteiger partial charge in [-0.1, -0.05) is 26.7 Å². The van der Waals surface area contributed by atoms with Crippen molar-refractivity contribution in [2.24, 2.45) is 11.7 Å². The van der Waals surface area contributed by atoms with Crippen LogP contribution in [0.2, 0.25) is 0 Å². The van der Waals surface area contributed by atoms with Crippen LogP contribution in [0, 0.1) is 5.92 Å². The molecule has 0 spiro atoms. The number of carbonyl (C=O) groups is 2. The Bertz CT molecular complexity index is 243. The number of primary amides is 1. The van der Waals surface area contributed by atoms with Crippen LogP contribution in [-0.2, 0) is 9.59 Å². The Labute approximate surface area is 84.2 Å². The molecule has 1 aliphatic carbocycles. The van der Waals surface area contributed by atoms with Gasteiger partial charge in [0.2, 0.25) is 11.8 Å². The fourth-order valence-electron chi connectivity index (χ4n) is 1.79. The van der Waals surface area contributed by atoms with Crippen LogP contribution in [0.4, 0.5) is 0 Å². The van der Waals surface area contributed by atoms with E-state index in [0.717, 1.165) is 12.8 Å². The van der Waals surface area contributed by atoms with Gasteiger partial charge in [0.25, 0.3) is 0 Å². The quantitative estimate of drug-likeness (QED) is 0.695. The first-order valence-corrected chi connectivity index (χ1v) is 5.10. The van der Waals surface area contributed by atoms with E-state index >= 15 is 0 Å². The van der Waals surface area contributed by atoms with Gasteiger partial charge in [-0.15, -0.1) is 0 Å². The van der Waals surface area contributed by atoms with E-state index in [4.69, 9.17) is 5.73 Å². The van der Waals surface area contributed by atoms with Crippen molar-refractivity contribution in [3.63, 3.8) is 0 Å². The van der Waals surface area contributed by atoms with E-state index in [1.807, 2.05) is 0 Å². The molecule has 0 atom stereocenters. The second-order valence-corrected chi connectivity index (χ2v) is 4.30. The predicted molar refractivity (Wildman–Crippen MR) is 53.4 cm³/mol. The Balaban J connectivity index is 2.70. The van der Waals surface area contributed by atoms with Crippen LogP contribution < -0.4 is 11.1 Å². The molecule has 0 unspecified atom stereocenters. The molecular weight excluding hydrogens is 180 g/mol. The Morgan fingerprint density at radius 2 is 1.79 bits per heavy atom. The van der Waals surface area contributed by atoms with Gasteiger partial charge in [0, 0.05) is 5.92 Å². The maximum absolute atomic E-state index is 11.5. The molecule has 0 radical (unpaired) electrons. The molecule has 0 aromatic carbocycles. The van der Waals surface area contributed by atoms with Crippen LogP contribution in [0.25, 0.3) is 0 Å². The third-order valence-corrected chi connectivity index (χ3v) is 2.82. The number of hydrogen-bond donors (Lipinski definition) is 2. The van der Waals surface area contributed by atoms with Gasteiger partial charge in [0.1, 0.15) is 5.54 Å². The molecule has 0 aromatic rings. The summed E-state index contributed by atoms with van der Waals surface area (Å²) in [6.07, 6.45) is 3.28. The van der Waals surface area contributed by atoms with Crippen molar-refractivity contribution in [1.82, 2.24) is 5.32 Å². The highest BCUT2D eigenvalue weighted by Gasteiger charge is 2.40. The molecule has 4 nitrogen and oxygen atoms in total. The first kappa shape index (κ1) is 11.0. The van der Waals surface area contributed by atoms with Crippen LogP contribution in [0.5, 0.6) is 0 Å². The van der Waals surface area contributed by atoms with Gasteiger partial charge in [-0.25, -0.2) is 0 Å². The van der Waals surface area contributed by atoms with Crippen molar-refractivity contribution >= 4 is 11.8 Å². The summed E-state index contributed by atoms with van der Waals surface area (Å²) in [5.74, 6) is -0.596. The highest BCUT2D eigenvalue weighted by atomic mass is 16.2. The van der Waals surface area contributed by atoms with Crippen LogP contribution >= 0.6 is 0 Å². The summed E-state index contributed by atoms with van der Waals surface area (Å²) < 4.78 is 0. The van der Waals surface area contributed by atoms with Crippen molar-refractivity contribution in [3.8, 4) is 0 Å². The smallest absolute Gasteiger partial charge is 0.243 e. The molecule has 1 rings (SSSR count). The molecular formula is C10H18N2O2. The highest BCUT2D eigenvalue weighted by molar-refractivity contribution is 5.91. The molecule has 0 heterocycles. The van der Waals surface area contributed by atoms with E-state index in [9.17, 15) is 9.59 Å². The predicted octanol–water partition coefficient (Wildman–Crippen LogP) is 0.557. The molecule has 14 heavy (non-hydrogen) atoms. The van der Waals surface area contributed by atoms with Crippen LogP contribution in [0.1, 0.15) is 39.5 Å². The largest absolute Gasteiger partial charge is 0.368 e. The minimum absolute atomic E-state index is 0.0919. The second kappa shape index (κ2) is 3.98. The van der Waals surface area contributed by atoms with Crippen molar-refractivity contribution in [3.05, 3.63) is 0 Å². The maximum atomic E-state index is 11.5. The van der Waals surface area contributed by atoms with Gasteiger partial charge < -0.3 is 11.1 Å². The zero-order valence-electron chi connectivity index (χ0n) is 8.80. The lowest BCUT2D eigenvalue weighted by molar-refractivity contribution is -0.133. The third kappa shape index (κ3) is 2.05. The van der Waals surface area contributed by atoms with Gasteiger partial charge in [-0.3, -0.25) is 9.59 Å². The van der Waals surface area contributed by atoms with E-state index < -0.39 is 11.4 Å². The summed E-state index contributed by atoms with van der Waals surface area (Å²) in [6.45, 7) is 3.61. The molecule has 80 valence electrons. The number of hydrogen-bond acceptors (Lipinski definition) is 2. The Morgan fingerprint density at radius 1 is 1.29 bits per heavy atom. The van der Waals surface area contributed by atoms with E-state index in [1.165, 1.54) is 0 Å². The van der Waals surface area contributed by atoms with Gasteiger partial charge in [0.05, 0.1) is 0 Å². The molecule has 2 amide bonds. The number of rotatable bonds is 3. The van der Waals surface area contributed by atoms with Gasteiger partial charge >= 0.3 is 0 Å². The molecule has 0 aliphatic heterocycles. The Kier molecular flexibility index (Phi) is 3.13. The van der Waals surface area contributed by atoms with Crippen molar-refractivity contribution < 1.29 is 9.59 Å². The van der Waals surface area contributed by atoms with Crippen LogP contribution in [0.3, 0.4) is 0 Å². The molecule has 0 aromatic heterocycles. The zero-order valence-corrected chi connectivity index (χ0v) is 8.80. The summed E-state index contributed by atoms with van der Waals surface area (Å²) in [7, 11) is 0. The number of nitrogens with two attached hydrogens (primary N) is 1. The van der Waals surface area contributed by atoms with E-state index in [-0.39, 0.29) is 11.8 Å². The van der Waals surface area contributed by atoms with Gasteiger partial charge in [0.15, 0.2) is 0 Å². The van der Waals surface area contributed by atoms with Gasteiger partial charge in [-0.05, 0) is 12.8 Å². The molecule has 1 saturated carbocycles. The van der Waals surface area contributed by atoms with Crippen molar-refractivity contribution in [1.29, 1.82) is 0 Å². The van der Waals surface area contributed by atoms with E-state index in [0.29, 0.717) is 12.8 Å². The normalized spacial score (nSPS) is 19.6. The van der Waals surface area contributed by atoms with Gasteiger partial charge in [-0.2, -0.15) is 0 Å². The molecule has 3 N–H and O–H groups in total. The standard InChI is InChI=1S/C10H18N2O2/c1-7(2)8(13)12-10(9(11)14)5-3-4-6-10/h7H,3-6H2,1-2H3,(H2,11,14)(H,12,13). The summed E-state index contributed by atoms with van der Waals surface area (Å²) >= 11 is 0. The summed E-state index contributed by atoms with van der Waals surface area (Å²) in [5.41, 5.74) is 4.56. The summed E-state index contributed by atoms with van der Waals surface area (Å²) in [5, 5.41) is 2.78. The summed E-state index contributed by atoms with van der Waals surface area (Å²) in [6, 6.07) is 0. The Morgan fingerprint density at radius 3 is 2.14 bits per heavy atom. The minimum Gasteiger partial charge on any atom is -0.368 e. The minimum atomic E-state index is -0.763. The maximum Gasteiger partial charge on any atom is 0.243 e. The van der Waals surface area contributed by atoms with Crippen molar-refractivity contribution in [2.45, 2.75) is 45.1 Å². The number of nitrogens with one attached hydrogen (secondary N) is 1. The molecule has 0 bridgehead atoms. The van der Waals surface area contributed by atoms with Crippen LogP contribution in [-0.4, -0.2) is 17.4 Å². The lowest BCUT2D eigenvalue weighted by Gasteiger charge is -2.27. The lowest BCUT2D eigenvalue weighted by atomic mass is 9.96. The van der Waals surface area contributed by atoms with Crippen molar-refractivity contribution in [2.75, 3.05) is 0 Å². The molecule has 4 heteroatoms. The number of amides is 2. The topological polar surface area (TPSA) is 72.2 Å². The van der Waals surface area contributed by atoms with Crippen LogP contribution in [0.15, 0.2) is 0 Å². The number of carbonyl (C=O) groups excluding carboxylic acids is 2. The third-order valence-electron chi connectivity index (χ3n) is 2.82. The monoisotopic (exact) mass is 198 g/mol. The average molecular weight is 198 g/mol. The first-order valence-electron chi connectivity index (χ1n) is 5.10. The second-order valence-electron chi connectivity index (χ2n) is 4.30.